The molecule has 184 valence electrons. The zero-order valence-electron chi connectivity index (χ0n) is 16.1. The van der Waals surface area contributed by atoms with Crippen molar-refractivity contribution in [2.24, 2.45) is 0 Å². The van der Waals surface area contributed by atoms with Crippen molar-refractivity contribution in [3.8, 4) is 0 Å². The molecule has 1 fully saturated rings. The number of ether oxygens (including phenoxy) is 1. The Kier molecular flexibility index (Phi) is 13.0. The summed E-state index contributed by atoms with van der Waals surface area (Å²) >= 11 is 0. The van der Waals surface area contributed by atoms with Gasteiger partial charge in [0.25, 0.3) is 0 Å². The summed E-state index contributed by atoms with van der Waals surface area (Å²) in [5, 5.41) is 75.1. The van der Waals surface area contributed by atoms with Gasteiger partial charge in [-0.2, -0.15) is 0 Å². The number of amides is 1. The standard InChI is InChI=1S/C8H15NO6.C6H13O9P/c1-3(11)9-5-7(13)6(12)4(2-10)15-8(5)14;7-1-3(9)5(10)6(11)4(2-8)15-16(12,13)14/h4-8,10,12-14H,2H2,1H3,(H,9,11);2-7,9-11H,1H2,(H2,12,13,14)/t4-,5-,6-,7-,8?;3-,4-,5-,6-/m11/s1. The maximum atomic E-state index is 10.7. The van der Waals surface area contributed by atoms with Crippen LogP contribution in [0.1, 0.15) is 6.92 Å². The lowest BCUT2D eigenvalue weighted by Gasteiger charge is -2.40. The third-order valence-corrected chi connectivity index (χ3v) is 4.45. The van der Waals surface area contributed by atoms with Crippen molar-refractivity contribution in [2.75, 3.05) is 13.2 Å². The molecule has 0 aliphatic carbocycles. The highest BCUT2D eigenvalue weighted by Gasteiger charge is 2.43. The zero-order valence-corrected chi connectivity index (χ0v) is 17.0. The van der Waals surface area contributed by atoms with Crippen molar-refractivity contribution < 1.29 is 74.1 Å². The van der Waals surface area contributed by atoms with E-state index in [2.05, 4.69) is 9.84 Å². The number of aliphatic hydroxyl groups is 8. The highest BCUT2D eigenvalue weighted by Crippen LogP contribution is 2.38. The Morgan fingerprint density at radius 2 is 1.68 bits per heavy atom. The molecule has 0 aromatic heterocycles. The topological polar surface area (TPSA) is 284 Å². The number of nitrogens with one attached hydrogen (secondary N) is 1. The molecule has 1 unspecified atom stereocenters. The fourth-order valence-corrected chi connectivity index (χ4v) is 2.84. The van der Waals surface area contributed by atoms with Crippen LogP contribution in [-0.4, -0.2) is 131 Å². The number of rotatable bonds is 9. The number of aliphatic hydroxyl groups excluding tert-OH is 8. The van der Waals surface area contributed by atoms with E-state index in [1.165, 1.54) is 6.92 Å². The minimum atomic E-state index is -5.02. The van der Waals surface area contributed by atoms with Crippen LogP contribution in [0.3, 0.4) is 0 Å². The molecule has 0 spiro atoms. The fraction of sp³-hybridized carbons (Fsp3) is 0.857. The van der Waals surface area contributed by atoms with Crippen LogP contribution in [0.2, 0.25) is 0 Å². The van der Waals surface area contributed by atoms with Gasteiger partial charge in [0.05, 0.1) is 13.2 Å². The average molecular weight is 481 g/mol. The number of hydrogen-bond donors (Lipinski definition) is 11. The van der Waals surface area contributed by atoms with Crippen molar-refractivity contribution in [1.82, 2.24) is 5.32 Å². The summed E-state index contributed by atoms with van der Waals surface area (Å²) in [4.78, 5) is 37.8. The van der Waals surface area contributed by atoms with Crippen LogP contribution in [0.15, 0.2) is 0 Å². The molecule has 1 aliphatic heterocycles. The van der Waals surface area contributed by atoms with Gasteiger partial charge in [-0.1, -0.05) is 0 Å². The SMILES string of the molecule is CC(=O)N[C@H]1C(O)O[C@H](CO)[C@@H](O)[C@@H]1O.O=C[C@@H](OP(=O)(O)O)[C@@H](O)[C@H](O)[C@H](O)CO. The predicted molar refractivity (Wildman–Crippen MR) is 95.7 cm³/mol. The second-order valence-corrected chi connectivity index (χ2v) is 7.57. The molecular weight excluding hydrogens is 453 g/mol. The van der Waals surface area contributed by atoms with Crippen molar-refractivity contribution >= 4 is 20.0 Å². The van der Waals surface area contributed by atoms with Gasteiger partial charge in [-0.25, -0.2) is 4.57 Å². The molecule has 1 aliphatic rings. The highest BCUT2D eigenvalue weighted by atomic mass is 31.2. The normalized spacial score (nSPS) is 30.2. The van der Waals surface area contributed by atoms with E-state index in [9.17, 15) is 34.6 Å². The summed E-state index contributed by atoms with van der Waals surface area (Å²) in [5.41, 5.74) is 0. The van der Waals surface area contributed by atoms with Crippen molar-refractivity contribution in [2.45, 2.75) is 62.0 Å². The Labute approximate surface area is 175 Å². The van der Waals surface area contributed by atoms with Gasteiger partial charge < -0.3 is 65.5 Å². The second kappa shape index (κ2) is 13.4. The number of carbonyl (C=O) groups excluding carboxylic acids is 2. The Balaban J connectivity index is 0.000000581. The zero-order chi connectivity index (χ0) is 24.5. The van der Waals surface area contributed by atoms with E-state index in [1.54, 1.807) is 0 Å². The van der Waals surface area contributed by atoms with Crippen LogP contribution in [0.25, 0.3) is 0 Å². The predicted octanol–water partition coefficient (Wildman–Crippen LogP) is -6.34. The van der Waals surface area contributed by atoms with Crippen molar-refractivity contribution in [3.05, 3.63) is 0 Å². The quantitative estimate of drug-likeness (QED) is 0.108. The number of aldehydes is 1. The number of phosphoric ester groups is 1. The summed E-state index contributed by atoms with van der Waals surface area (Å²) in [6.45, 7) is -0.217. The van der Waals surface area contributed by atoms with E-state index in [0.717, 1.165) is 0 Å². The Bertz CT molecular complexity index is 602. The Morgan fingerprint density at radius 1 is 1.13 bits per heavy atom. The summed E-state index contributed by atoms with van der Waals surface area (Å²) in [7, 11) is -5.02. The minimum Gasteiger partial charge on any atom is -0.394 e. The summed E-state index contributed by atoms with van der Waals surface area (Å²) in [6.07, 6.45) is -13.2. The first-order valence-electron chi connectivity index (χ1n) is 8.62. The van der Waals surface area contributed by atoms with Gasteiger partial charge in [0.1, 0.15) is 42.7 Å². The molecule has 31 heavy (non-hydrogen) atoms. The lowest BCUT2D eigenvalue weighted by atomic mass is 9.97. The van der Waals surface area contributed by atoms with Gasteiger partial charge in [0.15, 0.2) is 18.7 Å². The molecule has 1 rings (SSSR count). The molecule has 0 radical (unpaired) electrons. The van der Waals surface area contributed by atoms with Crippen LogP contribution in [0, 0.1) is 0 Å². The van der Waals surface area contributed by atoms with Gasteiger partial charge in [-0.15, -0.1) is 0 Å². The first kappa shape index (κ1) is 29.9. The van der Waals surface area contributed by atoms with Crippen LogP contribution in [0.4, 0.5) is 0 Å². The van der Waals surface area contributed by atoms with Crippen molar-refractivity contribution in [3.63, 3.8) is 0 Å². The van der Waals surface area contributed by atoms with Gasteiger partial charge in [0.2, 0.25) is 5.91 Å². The molecular formula is C14H28NO15P. The Morgan fingerprint density at radius 3 is 2.06 bits per heavy atom. The monoisotopic (exact) mass is 481 g/mol. The molecule has 0 aromatic rings. The second-order valence-electron chi connectivity index (χ2n) is 6.38. The summed E-state index contributed by atoms with van der Waals surface area (Å²) < 4.78 is 19.0. The van der Waals surface area contributed by atoms with Gasteiger partial charge >= 0.3 is 7.82 Å². The van der Waals surface area contributed by atoms with Crippen LogP contribution >= 0.6 is 7.82 Å². The lowest BCUT2D eigenvalue weighted by Crippen LogP contribution is -2.63. The third kappa shape index (κ3) is 9.92. The summed E-state index contributed by atoms with van der Waals surface area (Å²) in [5.74, 6) is -0.462. The van der Waals surface area contributed by atoms with Gasteiger partial charge in [-0.05, 0) is 0 Å². The lowest BCUT2D eigenvalue weighted by molar-refractivity contribution is -0.253. The molecule has 11 N–H and O–H groups in total. The fourth-order valence-electron chi connectivity index (χ4n) is 2.34. The molecule has 9 atom stereocenters. The largest absolute Gasteiger partial charge is 0.470 e. The maximum absolute atomic E-state index is 10.7. The van der Waals surface area contributed by atoms with Crippen molar-refractivity contribution in [1.29, 1.82) is 0 Å². The molecule has 17 heteroatoms. The van der Waals surface area contributed by atoms with Gasteiger partial charge in [-0.3, -0.25) is 9.32 Å². The van der Waals surface area contributed by atoms with Crippen LogP contribution in [-0.2, 0) is 23.4 Å². The average Bonchev–Trinajstić information content (AvgIpc) is 2.69. The molecule has 1 saturated heterocycles. The minimum absolute atomic E-state index is 0.142. The van der Waals surface area contributed by atoms with E-state index >= 15 is 0 Å². The summed E-state index contributed by atoms with van der Waals surface area (Å²) in [6, 6.07) is -1.10. The van der Waals surface area contributed by atoms with Crippen LogP contribution < -0.4 is 5.32 Å². The Hall–Kier alpha value is -1.11. The van der Waals surface area contributed by atoms with E-state index in [4.69, 9.17) is 34.9 Å². The molecule has 0 aromatic carbocycles. The molecule has 0 saturated carbocycles. The van der Waals surface area contributed by atoms with Gasteiger partial charge in [0, 0.05) is 6.92 Å². The van der Waals surface area contributed by atoms with Crippen LogP contribution in [0.5, 0.6) is 0 Å². The molecule has 1 amide bonds. The molecule has 0 bridgehead atoms. The number of carbonyl (C=O) groups is 2. The van der Waals surface area contributed by atoms with E-state index in [-0.39, 0.29) is 6.29 Å². The molecule has 1 heterocycles. The smallest absolute Gasteiger partial charge is 0.394 e. The van der Waals surface area contributed by atoms with E-state index in [1.807, 2.05) is 0 Å². The highest BCUT2D eigenvalue weighted by molar-refractivity contribution is 7.46. The number of phosphoric acid groups is 1. The third-order valence-electron chi connectivity index (χ3n) is 3.93. The van der Waals surface area contributed by atoms with E-state index in [0.29, 0.717) is 0 Å². The molecule has 16 nitrogen and oxygen atoms in total. The van der Waals surface area contributed by atoms with E-state index < -0.39 is 82.0 Å². The maximum Gasteiger partial charge on any atom is 0.470 e. The first-order valence-corrected chi connectivity index (χ1v) is 10.1. The first-order chi connectivity index (χ1) is 14.2. The number of hydrogen-bond acceptors (Lipinski definition) is 13.